The average molecular weight is 296 g/mol. The van der Waals surface area contributed by atoms with Crippen LogP contribution in [0.3, 0.4) is 0 Å². The summed E-state index contributed by atoms with van der Waals surface area (Å²) < 4.78 is 19.1. The lowest BCUT2D eigenvalue weighted by molar-refractivity contribution is 0.305. The second-order valence-electron chi connectivity index (χ2n) is 3.59. The lowest BCUT2D eigenvalue weighted by Gasteiger charge is -2.08. The maximum atomic E-state index is 12.9. The molecule has 4 heteroatoms. The van der Waals surface area contributed by atoms with Crippen LogP contribution in [0, 0.1) is 5.82 Å². The number of rotatable bonds is 3. The SMILES string of the molecule is Nc1ccc(OCc2ccc(F)cc2Br)cc1. The molecule has 0 heterocycles. The number of anilines is 1. The van der Waals surface area contributed by atoms with Crippen molar-refractivity contribution in [1.29, 1.82) is 0 Å². The van der Waals surface area contributed by atoms with Crippen molar-refractivity contribution >= 4 is 21.6 Å². The molecule has 2 aromatic rings. The zero-order valence-electron chi connectivity index (χ0n) is 8.99. The van der Waals surface area contributed by atoms with E-state index in [-0.39, 0.29) is 5.82 Å². The van der Waals surface area contributed by atoms with E-state index in [0.717, 1.165) is 11.3 Å². The van der Waals surface area contributed by atoms with E-state index in [2.05, 4.69) is 15.9 Å². The Balaban J connectivity index is 2.04. The minimum absolute atomic E-state index is 0.270. The molecule has 0 spiro atoms. The number of nitrogens with two attached hydrogens (primary N) is 1. The van der Waals surface area contributed by atoms with Crippen LogP contribution in [-0.2, 0) is 6.61 Å². The van der Waals surface area contributed by atoms with Gasteiger partial charge in [-0.15, -0.1) is 0 Å². The molecule has 2 nitrogen and oxygen atoms in total. The van der Waals surface area contributed by atoms with E-state index >= 15 is 0 Å². The van der Waals surface area contributed by atoms with Crippen molar-refractivity contribution in [1.82, 2.24) is 0 Å². The quantitative estimate of drug-likeness (QED) is 0.875. The second-order valence-corrected chi connectivity index (χ2v) is 4.45. The predicted molar refractivity (Wildman–Crippen MR) is 69.3 cm³/mol. The van der Waals surface area contributed by atoms with E-state index in [1.807, 2.05) is 0 Å². The first-order chi connectivity index (χ1) is 8.15. The van der Waals surface area contributed by atoms with Gasteiger partial charge in [-0.2, -0.15) is 0 Å². The number of hydrogen-bond acceptors (Lipinski definition) is 2. The Morgan fingerprint density at radius 2 is 1.82 bits per heavy atom. The first-order valence-electron chi connectivity index (χ1n) is 5.07. The Labute approximate surface area is 107 Å². The lowest BCUT2D eigenvalue weighted by Crippen LogP contribution is -1.97. The van der Waals surface area contributed by atoms with Gasteiger partial charge in [-0.1, -0.05) is 22.0 Å². The van der Waals surface area contributed by atoms with Crippen molar-refractivity contribution in [2.24, 2.45) is 0 Å². The molecule has 0 atom stereocenters. The first-order valence-corrected chi connectivity index (χ1v) is 5.87. The predicted octanol–water partition coefficient (Wildman–Crippen LogP) is 3.75. The first kappa shape index (κ1) is 11.9. The zero-order valence-corrected chi connectivity index (χ0v) is 10.6. The fraction of sp³-hybridized carbons (Fsp3) is 0.0769. The minimum atomic E-state index is -0.270. The Morgan fingerprint density at radius 1 is 1.12 bits per heavy atom. The van der Waals surface area contributed by atoms with Crippen LogP contribution in [0.25, 0.3) is 0 Å². The molecule has 0 amide bonds. The van der Waals surface area contributed by atoms with Crippen LogP contribution in [-0.4, -0.2) is 0 Å². The third-order valence-electron chi connectivity index (χ3n) is 2.29. The molecular weight excluding hydrogens is 285 g/mol. The summed E-state index contributed by atoms with van der Waals surface area (Å²) in [5, 5.41) is 0. The van der Waals surface area contributed by atoms with Crippen molar-refractivity contribution < 1.29 is 9.13 Å². The summed E-state index contributed by atoms with van der Waals surface area (Å²) in [6.07, 6.45) is 0. The van der Waals surface area contributed by atoms with Crippen molar-refractivity contribution in [3.05, 3.63) is 58.3 Å². The zero-order chi connectivity index (χ0) is 12.3. The molecule has 0 aliphatic heterocycles. The minimum Gasteiger partial charge on any atom is -0.489 e. The van der Waals surface area contributed by atoms with Crippen LogP contribution in [0.1, 0.15) is 5.56 Å². The van der Waals surface area contributed by atoms with Crippen LogP contribution in [0.15, 0.2) is 46.9 Å². The number of nitrogen functional groups attached to an aromatic ring is 1. The number of benzene rings is 2. The van der Waals surface area contributed by atoms with Gasteiger partial charge in [0.25, 0.3) is 0 Å². The molecule has 88 valence electrons. The van der Waals surface area contributed by atoms with Gasteiger partial charge in [0.1, 0.15) is 18.2 Å². The molecule has 0 aliphatic carbocycles. The highest BCUT2D eigenvalue weighted by Gasteiger charge is 2.02. The summed E-state index contributed by atoms with van der Waals surface area (Å²) in [4.78, 5) is 0. The van der Waals surface area contributed by atoms with Crippen molar-refractivity contribution in [2.45, 2.75) is 6.61 Å². The molecule has 0 saturated heterocycles. The van der Waals surface area contributed by atoms with Gasteiger partial charge < -0.3 is 10.5 Å². The normalized spacial score (nSPS) is 10.2. The van der Waals surface area contributed by atoms with Crippen molar-refractivity contribution in [3.63, 3.8) is 0 Å². The highest BCUT2D eigenvalue weighted by molar-refractivity contribution is 9.10. The largest absolute Gasteiger partial charge is 0.489 e. The Kier molecular flexibility index (Phi) is 3.64. The van der Waals surface area contributed by atoms with Gasteiger partial charge >= 0.3 is 0 Å². The fourth-order valence-electron chi connectivity index (χ4n) is 1.36. The summed E-state index contributed by atoms with van der Waals surface area (Å²) in [5.41, 5.74) is 7.16. The third kappa shape index (κ3) is 3.20. The highest BCUT2D eigenvalue weighted by atomic mass is 79.9. The molecule has 0 aliphatic rings. The molecule has 0 fully saturated rings. The average Bonchev–Trinajstić information content (AvgIpc) is 2.30. The van der Waals surface area contributed by atoms with Crippen molar-refractivity contribution in [2.75, 3.05) is 5.73 Å². The van der Waals surface area contributed by atoms with Crippen LogP contribution in [0.4, 0.5) is 10.1 Å². The monoisotopic (exact) mass is 295 g/mol. The van der Waals surface area contributed by atoms with Gasteiger partial charge in [0.05, 0.1) is 0 Å². The molecule has 2 aromatic carbocycles. The van der Waals surface area contributed by atoms with E-state index in [4.69, 9.17) is 10.5 Å². The lowest BCUT2D eigenvalue weighted by atomic mass is 10.2. The number of hydrogen-bond donors (Lipinski definition) is 1. The summed E-state index contributed by atoms with van der Waals surface area (Å²) in [6.45, 7) is 0.380. The van der Waals surface area contributed by atoms with Gasteiger partial charge in [0, 0.05) is 15.7 Å². The number of halogens is 2. The van der Waals surface area contributed by atoms with Gasteiger partial charge in [-0.25, -0.2) is 4.39 Å². The Bertz CT molecular complexity index is 513. The molecule has 0 bridgehead atoms. The van der Waals surface area contributed by atoms with Crippen LogP contribution < -0.4 is 10.5 Å². The smallest absolute Gasteiger partial charge is 0.124 e. The summed E-state index contributed by atoms with van der Waals surface area (Å²) >= 11 is 3.29. The summed E-state index contributed by atoms with van der Waals surface area (Å²) in [5.74, 6) is 0.462. The highest BCUT2D eigenvalue weighted by Crippen LogP contribution is 2.21. The van der Waals surface area contributed by atoms with E-state index in [9.17, 15) is 4.39 Å². The van der Waals surface area contributed by atoms with E-state index in [1.165, 1.54) is 12.1 Å². The number of ether oxygens (including phenoxy) is 1. The van der Waals surface area contributed by atoms with Gasteiger partial charge in [-0.05, 0) is 36.4 Å². The Hall–Kier alpha value is -1.55. The van der Waals surface area contributed by atoms with E-state index in [0.29, 0.717) is 16.8 Å². The standard InChI is InChI=1S/C13H11BrFNO/c14-13-7-10(15)2-1-9(13)8-17-12-5-3-11(16)4-6-12/h1-7H,8,16H2. The van der Waals surface area contributed by atoms with Crippen LogP contribution in [0.5, 0.6) is 5.75 Å². The molecular formula is C13H11BrFNO. The van der Waals surface area contributed by atoms with Crippen molar-refractivity contribution in [3.8, 4) is 5.75 Å². The summed E-state index contributed by atoms with van der Waals surface area (Å²) in [6, 6.07) is 11.7. The van der Waals surface area contributed by atoms with Gasteiger partial charge in [0.15, 0.2) is 0 Å². The fourth-order valence-corrected chi connectivity index (χ4v) is 1.83. The van der Waals surface area contributed by atoms with Gasteiger partial charge in [0.2, 0.25) is 0 Å². The molecule has 0 aromatic heterocycles. The summed E-state index contributed by atoms with van der Waals surface area (Å²) in [7, 11) is 0. The molecule has 2 N–H and O–H groups in total. The van der Waals surface area contributed by atoms with Gasteiger partial charge in [-0.3, -0.25) is 0 Å². The van der Waals surface area contributed by atoms with Crippen LogP contribution in [0.2, 0.25) is 0 Å². The van der Waals surface area contributed by atoms with Crippen LogP contribution >= 0.6 is 15.9 Å². The molecule has 2 rings (SSSR count). The molecule has 0 radical (unpaired) electrons. The molecule has 0 saturated carbocycles. The van der Waals surface area contributed by atoms with E-state index < -0.39 is 0 Å². The molecule has 17 heavy (non-hydrogen) atoms. The Morgan fingerprint density at radius 3 is 2.47 bits per heavy atom. The maximum Gasteiger partial charge on any atom is 0.124 e. The third-order valence-corrected chi connectivity index (χ3v) is 3.03. The second kappa shape index (κ2) is 5.19. The molecule has 0 unspecified atom stereocenters. The maximum absolute atomic E-state index is 12.9. The van der Waals surface area contributed by atoms with E-state index in [1.54, 1.807) is 30.3 Å². The topological polar surface area (TPSA) is 35.2 Å².